The number of hydrogen-bond acceptors (Lipinski definition) is 6. The van der Waals surface area contributed by atoms with Gasteiger partial charge in [0.15, 0.2) is 5.65 Å². The van der Waals surface area contributed by atoms with Crippen molar-refractivity contribution in [2.75, 3.05) is 12.5 Å². The van der Waals surface area contributed by atoms with Crippen molar-refractivity contribution in [3.8, 4) is 5.75 Å². The fourth-order valence-corrected chi connectivity index (χ4v) is 2.60. The molecule has 124 valence electrons. The van der Waals surface area contributed by atoms with Gasteiger partial charge in [0.2, 0.25) is 0 Å². The number of nitrogens with zero attached hydrogens (tertiary/aromatic N) is 4. The Kier molecular flexibility index (Phi) is 3.74. The summed E-state index contributed by atoms with van der Waals surface area (Å²) in [5.41, 5.74) is 7.05. The Bertz CT molecular complexity index is 1070. The van der Waals surface area contributed by atoms with Crippen LogP contribution in [0.4, 0.5) is 5.95 Å². The fourth-order valence-electron chi connectivity index (χ4n) is 2.60. The summed E-state index contributed by atoms with van der Waals surface area (Å²) in [7, 11) is 1.64. The van der Waals surface area contributed by atoms with Gasteiger partial charge in [-0.25, -0.2) is 5.43 Å². The molecule has 0 aliphatic rings. The predicted molar refractivity (Wildman–Crippen MR) is 98.0 cm³/mol. The molecular weight excluding hydrogens is 316 g/mol. The molecule has 0 bridgehead atoms. The van der Waals surface area contributed by atoms with Gasteiger partial charge in [-0.05, 0) is 42.8 Å². The molecule has 2 heterocycles. The van der Waals surface area contributed by atoms with Gasteiger partial charge in [0, 0.05) is 10.9 Å². The summed E-state index contributed by atoms with van der Waals surface area (Å²) in [5.74, 6) is 1.15. The number of hydrogen-bond donors (Lipinski definition) is 2. The van der Waals surface area contributed by atoms with Crippen LogP contribution in [0.15, 0.2) is 53.6 Å². The lowest BCUT2D eigenvalue weighted by molar-refractivity contribution is 0.415. The zero-order valence-corrected chi connectivity index (χ0v) is 13.8. The van der Waals surface area contributed by atoms with Gasteiger partial charge in [0.25, 0.3) is 5.95 Å². The molecule has 0 saturated heterocycles. The molecule has 0 spiro atoms. The van der Waals surface area contributed by atoms with Crippen molar-refractivity contribution in [1.29, 1.82) is 0 Å². The minimum atomic E-state index is 0.340. The first-order valence-corrected chi connectivity index (χ1v) is 7.80. The molecule has 2 aromatic carbocycles. The molecule has 2 aromatic heterocycles. The van der Waals surface area contributed by atoms with Crippen molar-refractivity contribution in [1.82, 2.24) is 20.2 Å². The molecule has 0 saturated carbocycles. The molecule has 7 nitrogen and oxygen atoms in total. The number of benzene rings is 2. The third-order valence-electron chi connectivity index (χ3n) is 3.95. The Balaban J connectivity index is 1.60. The number of aromatic nitrogens is 4. The van der Waals surface area contributed by atoms with Crippen LogP contribution < -0.4 is 10.2 Å². The zero-order valence-electron chi connectivity index (χ0n) is 13.8. The van der Waals surface area contributed by atoms with E-state index in [0.29, 0.717) is 11.6 Å². The second-order valence-electron chi connectivity index (χ2n) is 5.54. The van der Waals surface area contributed by atoms with Crippen LogP contribution in [0.2, 0.25) is 0 Å². The van der Waals surface area contributed by atoms with Gasteiger partial charge in [-0.3, -0.25) is 0 Å². The lowest BCUT2D eigenvalue weighted by Crippen LogP contribution is -2.03. The van der Waals surface area contributed by atoms with Crippen LogP contribution in [-0.2, 0) is 0 Å². The van der Waals surface area contributed by atoms with Crippen molar-refractivity contribution in [3.05, 3.63) is 54.1 Å². The van der Waals surface area contributed by atoms with E-state index < -0.39 is 0 Å². The third kappa shape index (κ3) is 2.87. The summed E-state index contributed by atoms with van der Waals surface area (Å²) in [5, 5.41) is 13.7. The molecule has 0 amide bonds. The highest BCUT2D eigenvalue weighted by molar-refractivity contribution is 6.03. The summed E-state index contributed by atoms with van der Waals surface area (Å²) in [4.78, 5) is 7.67. The van der Waals surface area contributed by atoms with Crippen LogP contribution in [0.3, 0.4) is 0 Å². The summed E-state index contributed by atoms with van der Waals surface area (Å²) < 4.78 is 5.16. The quantitative estimate of drug-likeness (QED) is 0.442. The van der Waals surface area contributed by atoms with Crippen LogP contribution in [0.1, 0.15) is 12.5 Å². The van der Waals surface area contributed by atoms with Gasteiger partial charge in [-0.2, -0.15) is 10.1 Å². The predicted octanol–water partition coefficient (Wildman–Crippen LogP) is 3.35. The number of H-pyrrole nitrogens is 1. The molecule has 0 atom stereocenters. The van der Waals surface area contributed by atoms with Crippen molar-refractivity contribution in [2.45, 2.75) is 6.92 Å². The van der Waals surface area contributed by atoms with Crippen LogP contribution >= 0.6 is 0 Å². The highest BCUT2D eigenvalue weighted by Gasteiger charge is 2.08. The van der Waals surface area contributed by atoms with Crippen molar-refractivity contribution >= 4 is 33.7 Å². The second kappa shape index (κ2) is 6.20. The lowest BCUT2D eigenvalue weighted by Gasteiger charge is -2.04. The van der Waals surface area contributed by atoms with E-state index in [1.54, 1.807) is 7.11 Å². The van der Waals surface area contributed by atoms with E-state index in [0.717, 1.165) is 33.4 Å². The monoisotopic (exact) mass is 332 g/mol. The van der Waals surface area contributed by atoms with E-state index in [9.17, 15) is 0 Å². The average molecular weight is 332 g/mol. The molecule has 0 fully saturated rings. The third-order valence-corrected chi connectivity index (χ3v) is 3.95. The zero-order chi connectivity index (χ0) is 17.2. The number of para-hydroxylation sites is 1. The Morgan fingerprint density at radius 1 is 1.08 bits per heavy atom. The highest BCUT2D eigenvalue weighted by atomic mass is 16.5. The highest BCUT2D eigenvalue weighted by Crippen LogP contribution is 2.21. The second-order valence-corrected chi connectivity index (χ2v) is 5.54. The topological polar surface area (TPSA) is 88.1 Å². The molecular formula is C18H16N6O. The van der Waals surface area contributed by atoms with E-state index in [1.807, 2.05) is 55.5 Å². The maximum atomic E-state index is 5.16. The Morgan fingerprint density at radius 2 is 1.88 bits per heavy atom. The standard InChI is InChI=1S/C18H16N6O/c1-11(12-7-9-13(25-2)10-8-12)21-23-18-20-17-16(22-24-18)14-5-3-4-6-15(14)19-17/h3-10H,1-2H3,(H2,19,20,23,24). The molecule has 2 N–H and O–H groups in total. The van der Waals surface area contributed by atoms with Crippen molar-refractivity contribution in [2.24, 2.45) is 5.10 Å². The van der Waals surface area contributed by atoms with Gasteiger partial charge in [-0.1, -0.05) is 18.2 Å². The van der Waals surface area contributed by atoms with Gasteiger partial charge < -0.3 is 9.72 Å². The van der Waals surface area contributed by atoms with E-state index >= 15 is 0 Å². The maximum absolute atomic E-state index is 5.16. The number of hydrazone groups is 1. The maximum Gasteiger partial charge on any atom is 0.265 e. The van der Waals surface area contributed by atoms with E-state index in [4.69, 9.17) is 4.74 Å². The smallest absolute Gasteiger partial charge is 0.265 e. The molecule has 0 aliphatic carbocycles. The van der Waals surface area contributed by atoms with Crippen molar-refractivity contribution < 1.29 is 4.74 Å². The van der Waals surface area contributed by atoms with Gasteiger partial charge in [0.1, 0.15) is 11.3 Å². The molecule has 0 radical (unpaired) electrons. The van der Waals surface area contributed by atoms with Gasteiger partial charge in [0.05, 0.1) is 12.8 Å². The van der Waals surface area contributed by atoms with Crippen LogP contribution in [0, 0.1) is 0 Å². The normalized spacial score (nSPS) is 11.8. The molecule has 7 heteroatoms. The van der Waals surface area contributed by atoms with E-state index in [-0.39, 0.29) is 0 Å². The van der Waals surface area contributed by atoms with Gasteiger partial charge in [-0.15, -0.1) is 10.2 Å². The number of rotatable bonds is 4. The first kappa shape index (κ1) is 15.1. The minimum absolute atomic E-state index is 0.340. The number of fused-ring (bicyclic) bond motifs is 3. The van der Waals surface area contributed by atoms with E-state index in [2.05, 4.69) is 30.7 Å². The van der Waals surface area contributed by atoms with Crippen LogP contribution in [0.25, 0.3) is 22.1 Å². The first-order chi connectivity index (χ1) is 12.2. The molecule has 25 heavy (non-hydrogen) atoms. The van der Waals surface area contributed by atoms with Crippen molar-refractivity contribution in [3.63, 3.8) is 0 Å². The number of methoxy groups -OCH3 is 1. The number of anilines is 1. The summed E-state index contributed by atoms with van der Waals surface area (Å²) in [6, 6.07) is 15.6. The SMILES string of the molecule is COc1ccc(C(C)=NNc2nnc3c(n2)[nH]c2ccccc23)cc1. The minimum Gasteiger partial charge on any atom is -0.497 e. The number of nitrogens with one attached hydrogen (secondary N) is 2. The Morgan fingerprint density at radius 3 is 2.68 bits per heavy atom. The Hall–Kier alpha value is -3.48. The summed E-state index contributed by atoms with van der Waals surface area (Å²) in [6.45, 7) is 1.91. The van der Waals surface area contributed by atoms with Crippen LogP contribution in [0.5, 0.6) is 5.75 Å². The van der Waals surface area contributed by atoms with E-state index in [1.165, 1.54) is 0 Å². The average Bonchev–Trinajstić information content (AvgIpc) is 3.04. The molecule has 0 aliphatic heterocycles. The lowest BCUT2D eigenvalue weighted by atomic mass is 10.1. The number of aromatic amines is 1. The summed E-state index contributed by atoms with van der Waals surface area (Å²) >= 11 is 0. The van der Waals surface area contributed by atoms with Crippen LogP contribution in [-0.4, -0.2) is 33.0 Å². The molecule has 4 rings (SSSR count). The van der Waals surface area contributed by atoms with Gasteiger partial charge >= 0.3 is 0 Å². The first-order valence-electron chi connectivity index (χ1n) is 7.80. The Labute approximate surface area is 143 Å². The summed E-state index contributed by atoms with van der Waals surface area (Å²) in [6.07, 6.45) is 0. The largest absolute Gasteiger partial charge is 0.497 e. The fraction of sp³-hybridized carbons (Fsp3) is 0.111. The molecule has 0 unspecified atom stereocenters. The molecule has 4 aromatic rings. The number of ether oxygens (including phenoxy) is 1.